The van der Waals surface area contributed by atoms with E-state index in [0.29, 0.717) is 41.4 Å². The molecule has 0 spiro atoms. The minimum atomic E-state index is -0.509. The number of carbonyl (C=O) groups excluding carboxylic acids is 3. The summed E-state index contributed by atoms with van der Waals surface area (Å²) in [6, 6.07) is 27.3. The van der Waals surface area contributed by atoms with Gasteiger partial charge in [0.15, 0.2) is 0 Å². The van der Waals surface area contributed by atoms with E-state index < -0.39 is 17.9 Å². The summed E-state index contributed by atoms with van der Waals surface area (Å²) in [5.74, 6) is 0.0711. The van der Waals surface area contributed by atoms with Crippen LogP contribution in [0.25, 0.3) is 21.5 Å². The van der Waals surface area contributed by atoms with Crippen LogP contribution in [-0.4, -0.2) is 31.1 Å². The van der Waals surface area contributed by atoms with Gasteiger partial charge in [0.05, 0.1) is 24.3 Å². The molecular formula is C38H34O7. The van der Waals surface area contributed by atoms with Crippen molar-refractivity contribution in [1.29, 1.82) is 0 Å². The van der Waals surface area contributed by atoms with Gasteiger partial charge in [0, 0.05) is 12.5 Å². The maximum atomic E-state index is 13.1. The van der Waals surface area contributed by atoms with Gasteiger partial charge in [-0.25, -0.2) is 14.4 Å². The molecule has 5 aromatic carbocycles. The van der Waals surface area contributed by atoms with E-state index in [4.69, 9.17) is 18.9 Å². The molecule has 5 aromatic rings. The first kappa shape index (κ1) is 31.0. The molecular weight excluding hydrogens is 568 g/mol. The third kappa shape index (κ3) is 7.75. The molecule has 0 aromatic heterocycles. The molecule has 0 heterocycles. The normalized spacial score (nSPS) is 10.8. The summed E-state index contributed by atoms with van der Waals surface area (Å²) in [6.07, 6.45) is 3.76. The van der Waals surface area contributed by atoms with Crippen LogP contribution in [0, 0.1) is 6.92 Å². The first-order chi connectivity index (χ1) is 21.8. The Hall–Kier alpha value is -5.43. The number of carbonyl (C=O) groups is 3. The van der Waals surface area contributed by atoms with Crippen LogP contribution in [0.4, 0.5) is 0 Å². The smallest absolute Gasteiger partial charge is 0.343 e. The Kier molecular flexibility index (Phi) is 9.90. The van der Waals surface area contributed by atoms with Crippen LogP contribution in [0.1, 0.15) is 51.6 Å². The van der Waals surface area contributed by atoms with Gasteiger partial charge in [-0.1, -0.05) is 56.3 Å². The molecule has 0 radical (unpaired) electrons. The summed E-state index contributed by atoms with van der Waals surface area (Å²) in [5, 5.41) is 3.81. The van der Waals surface area contributed by atoms with Crippen molar-refractivity contribution in [3.63, 3.8) is 0 Å². The highest BCUT2D eigenvalue weighted by molar-refractivity contribution is 5.98. The number of ether oxygens (including phenoxy) is 4. The molecule has 0 amide bonds. The summed E-state index contributed by atoms with van der Waals surface area (Å²) < 4.78 is 21.9. The lowest BCUT2D eigenvalue weighted by Crippen LogP contribution is -2.10. The van der Waals surface area contributed by atoms with Gasteiger partial charge >= 0.3 is 17.9 Å². The number of hydrogen-bond acceptors (Lipinski definition) is 7. The van der Waals surface area contributed by atoms with E-state index in [0.717, 1.165) is 46.0 Å². The highest BCUT2D eigenvalue weighted by Crippen LogP contribution is 2.30. The number of rotatable bonds is 12. The largest absolute Gasteiger partial charge is 0.493 e. The lowest BCUT2D eigenvalue weighted by atomic mass is 10.0. The standard InChI is InChI=1S/C38H34O7/c1-4-7-26-8-18-34-25(3)35(19-14-30(34)22-26)45-38(41)31-10-9-29-24-33(17-13-28(29)23-31)44-37(40)27-11-15-32(16-12-27)42-20-6-21-43-36(39)5-2/h5,8-19,22-24H,2,4,6-7,20-21H2,1,3H3. The Labute approximate surface area is 262 Å². The van der Waals surface area contributed by atoms with E-state index >= 15 is 0 Å². The van der Waals surface area contributed by atoms with Gasteiger partial charge in [-0.3, -0.25) is 0 Å². The first-order valence-corrected chi connectivity index (χ1v) is 14.9. The Morgan fingerprint density at radius 1 is 0.711 bits per heavy atom. The molecule has 0 bridgehead atoms. The van der Waals surface area contributed by atoms with Crippen molar-refractivity contribution in [3.8, 4) is 17.2 Å². The second-order valence-electron chi connectivity index (χ2n) is 10.6. The first-order valence-electron chi connectivity index (χ1n) is 14.9. The molecule has 0 saturated heterocycles. The second kappa shape index (κ2) is 14.4. The van der Waals surface area contributed by atoms with Crippen LogP contribution < -0.4 is 14.2 Å². The van der Waals surface area contributed by atoms with Crippen molar-refractivity contribution in [2.75, 3.05) is 13.2 Å². The quantitative estimate of drug-likeness (QED) is 0.0616. The third-order valence-corrected chi connectivity index (χ3v) is 7.36. The maximum absolute atomic E-state index is 13.1. The van der Waals surface area contributed by atoms with Gasteiger partial charge in [0.25, 0.3) is 0 Å². The monoisotopic (exact) mass is 602 g/mol. The molecule has 228 valence electrons. The van der Waals surface area contributed by atoms with Gasteiger partial charge < -0.3 is 18.9 Å². The molecule has 7 heteroatoms. The van der Waals surface area contributed by atoms with Gasteiger partial charge in [-0.05, 0) is 101 Å². The van der Waals surface area contributed by atoms with Crippen molar-refractivity contribution in [2.45, 2.75) is 33.1 Å². The van der Waals surface area contributed by atoms with Crippen molar-refractivity contribution in [1.82, 2.24) is 0 Å². The van der Waals surface area contributed by atoms with Crippen LogP contribution in [0.2, 0.25) is 0 Å². The van der Waals surface area contributed by atoms with Crippen molar-refractivity contribution in [2.24, 2.45) is 0 Å². The van der Waals surface area contributed by atoms with E-state index in [2.05, 4.69) is 31.7 Å². The number of fused-ring (bicyclic) bond motifs is 2. The van der Waals surface area contributed by atoms with E-state index in [-0.39, 0.29) is 6.61 Å². The van der Waals surface area contributed by atoms with E-state index in [1.807, 2.05) is 19.1 Å². The summed E-state index contributed by atoms with van der Waals surface area (Å²) in [7, 11) is 0. The molecule has 0 N–H and O–H groups in total. The predicted octanol–water partition coefficient (Wildman–Crippen LogP) is 8.19. The molecule has 7 nitrogen and oxygen atoms in total. The van der Waals surface area contributed by atoms with E-state index in [1.165, 1.54) is 5.56 Å². The minimum Gasteiger partial charge on any atom is -0.493 e. The summed E-state index contributed by atoms with van der Waals surface area (Å²) in [6.45, 7) is 8.06. The minimum absolute atomic E-state index is 0.233. The zero-order valence-electron chi connectivity index (χ0n) is 25.3. The van der Waals surface area contributed by atoms with Gasteiger partial charge in [0.1, 0.15) is 17.2 Å². The molecule has 45 heavy (non-hydrogen) atoms. The summed E-state index contributed by atoms with van der Waals surface area (Å²) >= 11 is 0. The van der Waals surface area contributed by atoms with Crippen molar-refractivity contribution >= 4 is 39.5 Å². The Balaban J connectivity index is 1.19. The molecule has 0 aliphatic carbocycles. The summed E-state index contributed by atoms with van der Waals surface area (Å²) in [5.41, 5.74) is 3.00. The van der Waals surface area contributed by atoms with Crippen molar-refractivity contribution < 1.29 is 33.3 Å². The molecule has 0 saturated carbocycles. The van der Waals surface area contributed by atoms with Crippen LogP contribution in [0.15, 0.2) is 104 Å². The van der Waals surface area contributed by atoms with Crippen LogP contribution in [0.3, 0.4) is 0 Å². The fraction of sp³-hybridized carbons (Fsp3) is 0.184. The topological polar surface area (TPSA) is 88.1 Å². The number of hydrogen-bond donors (Lipinski definition) is 0. The lowest BCUT2D eigenvalue weighted by Gasteiger charge is -2.12. The zero-order chi connectivity index (χ0) is 31.8. The Morgan fingerprint density at radius 3 is 2.18 bits per heavy atom. The molecule has 0 fully saturated rings. The van der Waals surface area contributed by atoms with E-state index in [9.17, 15) is 14.4 Å². The summed E-state index contributed by atoms with van der Waals surface area (Å²) in [4.78, 5) is 36.9. The fourth-order valence-electron chi connectivity index (χ4n) is 4.98. The molecule has 0 unspecified atom stereocenters. The molecule has 5 rings (SSSR count). The van der Waals surface area contributed by atoms with Gasteiger partial charge in [-0.2, -0.15) is 0 Å². The number of esters is 3. The average Bonchev–Trinajstić information content (AvgIpc) is 3.05. The Bertz CT molecular complexity index is 1870. The highest BCUT2D eigenvalue weighted by atomic mass is 16.5. The van der Waals surface area contributed by atoms with Crippen LogP contribution in [0.5, 0.6) is 17.2 Å². The molecule has 0 atom stereocenters. The average molecular weight is 603 g/mol. The molecule has 0 aliphatic heterocycles. The van der Waals surface area contributed by atoms with Crippen LogP contribution in [-0.2, 0) is 16.0 Å². The molecule has 0 aliphatic rings. The third-order valence-electron chi connectivity index (χ3n) is 7.36. The maximum Gasteiger partial charge on any atom is 0.343 e. The second-order valence-corrected chi connectivity index (χ2v) is 10.6. The zero-order valence-corrected chi connectivity index (χ0v) is 25.3. The van der Waals surface area contributed by atoms with Gasteiger partial charge in [-0.15, -0.1) is 0 Å². The van der Waals surface area contributed by atoms with Crippen molar-refractivity contribution in [3.05, 3.63) is 126 Å². The number of benzene rings is 5. The van der Waals surface area contributed by atoms with Crippen LogP contribution >= 0.6 is 0 Å². The van der Waals surface area contributed by atoms with Gasteiger partial charge in [0.2, 0.25) is 0 Å². The fourth-order valence-corrected chi connectivity index (χ4v) is 4.98. The number of aryl methyl sites for hydroxylation is 2. The SMILES string of the molecule is C=CC(=O)OCCCOc1ccc(C(=O)Oc2ccc3cc(C(=O)Oc4ccc5cc(CCC)ccc5c4C)ccc3c2)cc1. The highest BCUT2D eigenvalue weighted by Gasteiger charge is 2.14. The lowest BCUT2D eigenvalue weighted by molar-refractivity contribution is -0.137. The Morgan fingerprint density at radius 2 is 1.40 bits per heavy atom. The van der Waals surface area contributed by atoms with E-state index in [1.54, 1.807) is 60.7 Å². The predicted molar refractivity (Wildman–Crippen MR) is 174 cm³/mol.